The largest absolute Gasteiger partial charge is 0.326 e. The lowest BCUT2D eigenvalue weighted by molar-refractivity contribution is 0.0985. The molecule has 3 heterocycles. The Balaban J connectivity index is 1.41. The van der Waals surface area contributed by atoms with Crippen molar-refractivity contribution in [3.8, 4) is 0 Å². The van der Waals surface area contributed by atoms with Crippen LogP contribution in [0.15, 0.2) is 42.9 Å². The van der Waals surface area contributed by atoms with Crippen LogP contribution in [-0.2, 0) is 13.0 Å². The number of carbonyl (C=O) groups excluding carboxylic acids is 2. The van der Waals surface area contributed by atoms with Gasteiger partial charge in [-0.25, -0.2) is 24.1 Å². The van der Waals surface area contributed by atoms with Crippen molar-refractivity contribution in [2.45, 2.75) is 26.3 Å². The van der Waals surface area contributed by atoms with E-state index < -0.39 is 0 Å². The average molecular weight is 425 g/mol. The Morgan fingerprint density at radius 1 is 1.20 bits per heavy atom. The second kappa shape index (κ2) is 8.66. The van der Waals surface area contributed by atoms with Gasteiger partial charge in [0.15, 0.2) is 10.9 Å². The summed E-state index contributed by atoms with van der Waals surface area (Å²) >= 11 is 1.25. The number of anilines is 1. The van der Waals surface area contributed by atoms with Crippen molar-refractivity contribution < 1.29 is 14.0 Å². The van der Waals surface area contributed by atoms with Crippen molar-refractivity contribution in [1.82, 2.24) is 19.9 Å². The van der Waals surface area contributed by atoms with Gasteiger partial charge in [-0.2, -0.15) is 0 Å². The summed E-state index contributed by atoms with van der Waals surface area (Å²) in [6.07, 6.45) is 3.97. The highest BCUT2D eigenvalue weighted by Gasteiger charge is 2.32. The van der Waals surface area contributed by atoms with E-state index in [1.165, 1.54) is 29.8 Å². The first kappa shape index (κ1) is 20.1. The standard InChI is InChI=1S/C21H20FN5O2S/c1-14-19(18(28)7-6-17-8-9-23-13-24-17)30-20(25-14)27-11-10-26(21(27)29)12-15-2-4-16(22)5-3-15/h2-5,8-9,13H,6-7,10-12H2,1H3. The Kier molecular flexibility index (Phi) is 5.80. The molecule has 4 rings (SSSR count). The molecule has 2 aromatic heterocycles. The number of halogens is 1. The van der Waals surface area contributed by atoms with Gasteiger partial charge in [-0.3, -0.25) is 9.69 Å². The lowest BCUT2D eigenvalue weighted by Gasteiger charge is -2.16. The van der Waals surface area contributed by atoms with Gasteiger partial charge < -0.3 is 4.90 Å². The molecular formula is C21H20FN5O2S. The van der Waals surface area contributed by atoms with Gasteiger partial charge in [-0.1, -0.05) is 23.5 Å². The highest BCUT2D eigenvalue weighted by molar-refractivity contribution is 7.17. The molecule has 3 aromatic rings. The zero-order valence-electron chi connectivity index (χ0n) is 16.4. The number of nitrogens with zero attached hydrogens (tertiary/aromatic N) is 5. The molecule has 9 heteroatoms. The van der Waals surface area contributed by atoms with Crippen molar-refractivity contribution in [3.63, 3.8) is 0 Å². The van der Waals surface area contributed by atoms with Crippen molar-refractivity contribution in [2.24, 2.45) is 0 Å². The van der Waals surface area contributed by atoms with Gasteiger partial charge in [0.2, 0.25) is 0 Å². The van der Waals surface area contributed by atoms with Crippen molar-refractivity contribution in [2.75, 3.05) is 18.0 Å². The first-order valence-electron chi connectivity index (χ1n) is 9.57. The number of amides is 2. The molecule has 1 aliphatic rings. The average Bonchev–Trinajstić information content (AvgIpc) is 3.31. The monoisotopic (exact) mass is 425 g/mol. The van der Waals surface area contributed by atoms with Crippen LogP contribution < -0.4 is 4.90 Å². The third kappa shape index (κ3) is 4.35. The molecule has 1 fully saturated rings. The maximum absolute atomic E-state index is 13.1. The molecule has 0 N–H and O–H groups in total. The summed E-state index contributed by atoms with van der Waals surface area (Å²) in [5.74, 6) is -0.312. The van der Waals surface area contributed by atoms with Crippen LogP contribution in [0.3, 0.4) is 0 Å². The molecule has 1 saturated heterocycles. The van der Waals surface area contributed by atoms with Gasteiger partial charge in [0.05, 0.1) is 10.6 Å². The van der Waals surface area contributed by atoms with Crippen LogP contribution in [0.1, 0.15) is 33.0 Å². The predicted octanol–water partition coefficient (Wildman–Crippen LogP) is 3.64. The predicted molar refractivity (Wildman–Crippen MR) is 111 cm³/mol. The highest BCUT2D eigenvalue weighted by Crippen LogP contribution is 2.30. The summed E-state index contributed by atoms with van der Waals surface area (Å²) < 4.78 is 13.1. The number of aryl methyl sites for hydroxylation is 2. The lowest BCUT2D eigenvalue weighted by atomic mass is 10.1. The molecule has 0 spiro atoms. The quantitative estimate of drug-likeness (QED) is 0.540. The molecule has 0 radical (unpaired) electrons. The number of benzene rings is 1. The van der Waals surface area contributed by atoms with E-state index in [9.17, 15) is 14.0 Å². The summed E-state index contributed by atoms with van der Waals surface area (Å²) in [6.45, 7) is 3.24. The lowest BCUT2D eigenvalue weighted by Crippen LogP contribution is -2.31. The fraction of sp³-hybridized carbons (Fsp3) is 0.286. The topological polar surface area (TPSA) is 79.3 Å². The number of urea groups is 1. The fourth-order valence-electron chi connectivity index (χ4n) is 3.29. The second-order valence-electron chi connectivity index (χ2n) is 7.02. The minimum absolute atomic E-state index is 0.00956. The molecule has 0 atom stereocenters. The van der Waals surface area contributed by atoms with E-state index in [1.54, 1.807) is 41.1 Å². The second-order valence-corrected chi connectivity index (χ2v) is 7.99. The Hall–Kier alpha value is -3.20. The third-order valence-electron chi connectivity index (χ3n) is 4.90. The Morgan fingerprint density at radius 3 is 2.73 bits per heavy atom. The van der Waals surface area contributed by atoms with Crippen molar-refractivity contribution in [1.29, 1.82) is 0 Å². The molecule has 1 aliphatic heterocycles. The van der Waals surface area contributed by atoms with Crippen LogP contribution >= 0.6 is 11.3 Å². The van der Waals surface area contributed by atoms with E-state index in [1.807, 2.05) is 0 Å². The minimum Gasteiger partial charge on any atom is -0.318 e. The van der Waals surface area contributed by atoms with Crippen LogP contribution in [0.25, 0.3) is 0 Å². The van der Waals surface area contributed by atoms with Crippen LogP contribution in [0, 0.1) is 12.7 Å². The molecule has 1 aromatic carbocycles. The molecule has 7 nitrogen and oxygen atoms in total. The molecule has 0 unspecified atom stereocenters. The smallest absolute Gasteiger partial charge is 0.318 e. The summed E-state index contributed by atoms with van der Waals surface area (Å²) in [4.78, 5) is 41.8. The zero-order valence-corrected chi connectivity index (χ0v) is 17.2. The Morgan fingerprint density at radius 2 is 2.00 bits per heavy atom. The summed E-state index contributed by atoms with van der Waals surface area (Å²) in [6, 6.07) is 7.75. The number of rotatable bonds is 7. The molecular weight excluding hydrogens is 405 g/mol. The van der Waals surface area contributed by atoms with Crippen molar-refractivity contribution in [3.05, 3.63) is 70.5 Å². The molecule has 0 saturated carbocycles. The van der Waals surface area contributed by atoms with Crippen LogP contribution in [0.4, 0.5) is 14.3 Å². The van der Waals surface area contributed by atoms with E-state index in [0.29, 0.717) is 48.2 Å². The van der Waals surface area contributed by atoms with E-state index in [4.69, 9.17) is 0 Å². The first-order valence-corrected chi connectivity index (χ1v) is 10.4. The number of ketones is 1. The molecule has 0 aliphatic carbocycles. The number of Topliss-reactive ketones (excluding diaryl/α,β-unsaturated/α-hetero) is 1. The van der Waals surface area contributed by atoms with Gasteiger partial charge in [0.25, 0.3) is 0 Å². The van der Waals surface area contributed by atoms with Gasteiger partial charge in [0, 0.05) is 37.9 Å². The van der Waals surface area contributed by atoms with Gasteiger partial charge in [-0.15, -0.1) is 0 Å². The normalized spacial score (nSPS) is 13.9. The first-order chi connectivity index (χ1) is 14.5. The summed E-state index contributed by atoms with van der Waals surface area (Å²) in [5, 5.41) is 0.532. The molecule has 154 valence electrons. The third-order valence-corrected chi connectivity index (χ3v) is 6.12. The number of thiazole rings is 1. The maximum Gasteiger partial charge on any atom is 0.326 e. The van der Waals surface area contributed by atoms with Crippen LogP contribution in [-0.4, -0.2) is 44.8 Å². The van der Waals surface area contributed by atoms with Gasteiger partial charge >= 0.3 is 6.03 Å². The summed E-state index contributed by atoms with van der Waals surface area (Å²) in [5.41, 5.74) is 2.31. The van der Waals surface area contributed by atoms with E-state index in [2.05, 4.69) is 15.0 Å². The molecule has 30 heavy (non-hydrogen) atoms. The Bertz CT molecular complexity index is 1060. The Labute approximate surface area is 177 Å². The SMILES string of the molecule is Cc1nc(N2CCN(Cc3ccc(F)cc3)C2=O)sc1C(=O)CCc1ccncn1. The number of aromatic nitrogens is 3. The van der Waals surface area contributed by atoms with E-state index in [0.717, 1.165) is 11.3 Å². The number of carbonyl (C=O) groups is 2. The van der Waals surface area contributed by atoms with E-state index in [-0.39, 0.29) is 17.6 Å². The minimum atomic E-state index is -0.303. The maximum atomic E-state index is 13.1. The van der Waals surface area contributed by atoms with Gasteiger partial charge in [0.1, 0.15) is 12.1 Å². The molecule has 2 amide bonds. The number of hydrogen-bond acceptors (Lipinski definition) is 6. The summed E-state index contributed by atoms with van der Waals surface area (Å²) in [7, 11) is 0. The van der Waals surface area contributed by atoms with E-state index >= 15 is 0 Å². The number of hydrogen-bond donors (Lipinski definition) is 0. The van der Waals surface area contributed by atoms with Crippen LogP contribution in [0.2, 0.25) is 0 Å². The van der Waals surface area contributed by atoms with Crippen LogP contribution in [0.5, 0.6) is 0 Å². The van der Waals surface area contributed by atoms with Crippen molar-refractivity contribution >= 4 is 28.3 Å². The van der Waals surface area contributed by atoms with Gasteiger partial charge in [-0.05, 0) is 37.1 Å². The fourth-order valence-corrected chi connectivity index (χ4v) is 4.35. The highest BCUT2D eigenvalue weighted by atomic mass is 32.1. The zero-order chi connectivity index (χ0) is 21.1. The molecule has 0 bridgehead atoms.